The Kier molecular flexibility index (Phi) is 3.30. The molecule has 0 spiro atoms. The summed E-state index contributed by atoms with van der Waals surface area (Å²) >= 11 is 0. The lowest BCUT2D eigenvalue weighted by Gasteiger charge is -2.24. The van der Waals surface area contributed by atoms with Crippen molar-refractivity contribution in [2.24, 2.45) is 0 Å². The van der Waals surface area contributed by atoms with Gasteiger partial charge in [-0.3, -0.25) is 4.90 Å². The van der Waals surface area contributed by atoms with Gasteiger partial charge in [0.15, 0.2) is 0 Å². The van der Waals surface area contributed by atoms with E-state index < -0.39 is 0 Å². The zero-order valence-electron chi connectivity index (χ0n) is 7.29. The molecule has 2 atom stereocenters. The lowest BCUT2D eigenvalue weighted by atomic mass is 10.2. The third-order valence-corrected chi connectivity index (χ3v) is 2.16. The van der Waals surface area contributed by atoms with Crippen LogP contribution in [0.15, 0.2) is 0 Å². The molecule has 1 fully saturated rings. The Morgan fingerprint density at radius 2 is 2.27 bits per heavy atom. The summed E-state index contributed by atoms with van der Waals surface area (Å²) in [5, 5.41) is 9.42. The number of aliphatic hydroxyl groups is 1. The van der Waals surface area contributed by atoms with Gasteiger partial charge in [-0.05, 0) is 20.0 Å². The third-order valence-electron chi connectivity index (χ3n) is 2.16. The summed E-state index contributed by atoms with van der Waals surface area (Å²) in [5.74, 6) is 0. The first kappa shape index (κ1) is 8.97. The van der Waals surface area contributed by atoms with E-state index in [1.54, 1.807) is 0 Å². The predicted molar refractivity (Wildman–Crippen MR) is 43.5 cm³/mol. The smallest absolute Gasteiger partial charge is 0.0950 e. The van der Waals surface area contributed by atoms with Crippen molar-refractivity contribution < 1.29 is 9.84 Å². The first-order valence-electron chi connectivity index (χ1n) is 4.21. The first-order chi connectivity index (χ1) is 5.25. The number of aliphatic hydroxyl groups excluding tert-OH is 1. The molecular weight excluding hydrogens is 142 g/mol. The van der Waals surface area contributed by atoms with Gasteiger partial charge in [0.1, 0.15) is 0 Å². The molecule has 1 saturated heterocycles. The van der Waals surface area contributed by atoms with Crippen LogP contribution in [0, 0.1) is 0 Å². The molecule has 3 nitrogen and oxygen atoms in total. The van der Waals surface area contributed by atoms with Gasteiger partial charge in [-0.2, -0.15) is 0 Å². The quantitative estimate of drug-likeness (QED) is 0.633. The molecule has 0 aromatic rings. The fourth-order valence-corrected chi connectivity index (χ4v) is 1.47. The maximum Gasteiger partial charge on any atom is 0.0950 e. The van der Waals surface area contributed by atoms with Crippen LogP contribution in [0.4, 0.5) is 0 Å². The van der Waals surface area contributed by atoms with Gasteiger partial charge < -0.3 is 9.84 Å². The maximum atomic E-state index is 9.42. The van der Waals surface area contributed by atoms with Gasteiger partial charge in [0.25, 0.3) is 0 Å². The highest BCUT2D eigenvalue weighted by Gasteiger charge is 2.28. The summed E-state index contributed by atoms with van der Waals surface area (Å²) in [5.41, 5.74) is 0. The minimum atomic E-state index is -0.286. The van der Waals surface area contributed by atoms with Gasteiger partial charge in [-0.1, -0.05) is 6.92 Å². The summed E-state index contributed by atoms with van der Waals surface area (Å²) in [6, 6.07) is 0.218. The fraction of sp³-hybridized carbons (Fsp3) is 1.00. The van der Waals surface area contributed by atoms with E-state index in [2.05, 4.69) is 11.8 Å². The number of ether oxygens (including phenoxy) is 1. The molecule has 1 aliphatic heterocycles. The van der Waals surface area contributed by atoms with Crippen LogP contribution in [0.25, 0.3) is 0 Å². The second-order valence-electron chi connectivity index (χ2n) is 3.15. The van der Waals surface area contributed by atoms with Crippen molar-refractivity contribution in [3.05, 3.63) is 0 Å². The molecule has 1 rings (SSSR count). The van der Waals surface area contributed by atoms with Crippen LogP contribution in [-0.4, -0.2) is 49.0 Å². The van der Waals surface area contributed by atoms with Crippen molar-refractivity contribution >= 4 is 0 Å². The zero-order valence-corrected chi connectivity index (χ0v) is 7.29. The van der Waals surface area contributed by atoms with Crippen LogP contribution in [-0.2, 0) is 4.74 Å². The molecule has 0 aromatic carbocycles. The normalized spacial score (nSPS) is 31.6. The Hall–Kier alpha value is -0.120. The van der Waals surface area contributed by atoms with Crippen molar-refractivity contribution in [2.45, 2.75) is 25.5 Å². The van der Waals surface area contributed by atoms with E-state index in [1.165, 1.54) is 0 Å². The topological polar surface area (TPSA) is 32.7 Å². The molecule has 0 saturated carbocycles. The van der Waals surface area contributed by atoms with E-state index in [0.29, 0.717) is 13.2 Å². The lowest BCUT2D eigenvalue weighted by molar-refractivity contribution is 0.0956. The van der Waals surface area contributed by atoms with E-state index in [9.17, 15) is 5.11 Å². The van der Waals surface area contributed by atoms with E-state index in [-0.39, 0.29) is 12.1 Å². The fourth-order valence-electron chi connectivity index (χ4n) is 1.47. The number of rotatable bonds is 3. The Morgan fingerprint density at radius 1 is 1.55 bits per heavy atom. The first-order valence-corrected chi connectivity index (χ1v) is 4.21. The average molecular weight is 159 g/mol. The molecule has 0 radical (unpaired) electrons. The average Bonchev–Trinajstić information content (AvgIpc) is 2.36. The van der Waals surface area contributed by atoms with Crippen LogP contribution in [0.5, 0.6) is 0 Å². The second kappa shape index (κ2) is 4.04. The van der Waals surface area contributed by atoms with E-state index in [0.717, 1.165) is 13.0 Å². The number of nitrogens with zero attached hydrogens (tertiary/aromatic N) is 1. The molecule has 3 heteroatoms. The molecule has 1 unspecified atom stereocenters. The van der Waals surface area contributed by atoms with Crippen LogP contribution in [0.2, 0.25) is 0 Å². The molecular formula is C8H17NO2. The zero-order chi connectivity index (χ0) is 8.27. The maximum absolute atomic E-state index is 9.42. The van der Waals surface area contributed by atoms with E-state index in [4.69, 9.17) is 4.74 Å². The monoisotopic (exact) mass is 159 g/mol. The summed E-state index contributed by atoms with van der Waals surface area (Å²) in [6.07, 6.45) is 0.839. The Bertz CT molecular complexity index is 119. The van der Waals surface area contributed by atoms with Crippen LogP contribution in [0.3, 0.4) is 0 Å². The van der Waals surface area contributed by atoms with Crippen molar-refractivity contribution in [1.82, 2.24) is 4.90 Å². The van der Waals surface area contributed by atoms with E-state index in [1.807, 2.05) is 7.05 Å². The summed E-state index contributed by atoms with van der Waals surface area (Å²) < 4.78 is 5.15. The molecule has 11 heavy (non-hydrogen) atoms. The van der Waals surface area contributed by atoms with Crippen LogP contribution >= 0.6 is 0 Å². The number of hydrogen-bond donors (Lipinski definition) is 1. The van der Waals surface area contributed by atoms with Gasteiger partial charge in [0.2, 0.25) is 0 Å². The van der Waals surface area contributed by atoms with Gasteiger partial charge >= 0.3 is 0 Å². The Balaban J connectivity index is 2.33. The van der Waals surface area contributed by atoms with Crippen molar-refractivity contribution in [2.75, 3.05) is 26.8 Å². The highest BCUT2D eigenvalue weighted by atomic mass is 16.5. The van der Waals surface area contributed by atoms with E-state index >= 15 is 0 Å². The molecule has 1 aliphatic rings. The number of hydrogen-bond acceptors (Lipinski definition) is 3. The predicted octanol–water partition coefficient (Wildman–Crippen LogP) is 0.0879. The van der Waals surface area contributed by atoms with Gasteiger partial charge in [-0.15, -0.1) is 0 Å². The van der Waals surface area contributed by atoms with Crippen LogP contribution in [0.1, 0.15) is 13.3 Å². The molecule has 0 aromatic heterocycles. The highest BCUT2D eigenvalue weighted by molar-refractivity contribution is 4.81. The van der Waals surface area contributed by atoms with Crippen molar-refractivity contribution in [3.8, 4) is 0 Å². The summed E-state index contributed by atoms with van der Waals surface area (Å²) in [4.78, 5) is 2.16. The van der Waals surface area contributed by atoms with Crippen molar-refractivity contribution in [3.63, 3.8) is 0 Å². The number of likely N-dealkylation sites (N-methyl/N-ethyl adjacent to an activating group) is 1. The minimum absolute atomic E-state index is 0.218. The molecule has 0 amide bonds. The third kappa shape index (κ3) is 2.15. The molecule has 0 bridgehead atoms. The Morgan fingerprint density at radius 3 is 2.73 bits per heavy atom. The standard InChI is InChI=1S/C8H17NO2/c1-3-4-9(2)7-5-11-6-8(7)10/h7-8,10H,3-6H2,1-2H3/t7?,8-/m1/s1. The molecule has 66 valence electrons. The van der Waals surface area contributed by atoms with Gasteiger partial charge in [-0.25, -0.2) is 0 Å². The Labute approximate surface area is 68.0 Å². The van der Waals surface area contributed by atoms with Gasteiger partial charge in [0, 0.05) is 0 Å². The minimum Gasteiger partial charge on any atom is -0.389 e. The second-order valence-corrected chi connectivity index (χ2v) is 3.15. The molecule has 1 N–H and O–H groups in total. The molecule has 0 aliphatic carbocycles. The summed E-state index contributed by atoms with van der Waals surface area (Å²) in [6.45, 7) is 4.35. The lowest BCUT2D eigenvalue weighted by Crippen LogP contribution is -2.40. The summed E-state index contributed by atoms with van der Waals surface area (Å²) in [7, 11) is 2.03. The highest BCUT2D eigenvalue weighted by Crippen LogP contribution is 2.11. The largest absolute Gasteiger partial charge is 0.389 e. The van der Waals surface area contributed by atoms with Gasteiger partial charge in [0.05, 0.1) is 25.4 Å². The van der Waals surface area contributed by atoms with Crippen LogP contribution < -0.4 is 0 Å². The SMILES string of the molecule is CCCN(C)C1COC[C@H]1O. The van der Waals surface area contributed by atoms with Crippen molar-refractivity contribution in [1.29, 1.82) is 0 Å². The molecule has 1 heterocycles.